The molecule has 2 heterocycles. The molecule has 1 aliphatic heterocycles. The molecule has 0 spiro atoms. The van der Waals surface area contributed by atoms with E-state index in [1.165, 1.54) is 9.88 Å². The molecular weight excluding hydrogens is 270 g/mol. The van der Waals surface area contributed by atoms with Crippen LogP contribution in [-0.2, 0) is 16.8 Å². The predicted octanol–water partition coefficient (Wildman–Crippen LogP) is 2.54. The highest BCUT2D eigenvalue weighted by molar-refractivity contribution is 7.11. The number of hydrogen-bond acceptors (Lipinski definition) is 4. The van der Waals surface area contributed by atoms with Crippen molar-refractivity contribution in [3.8, 4) is 0 Å². The molecule has 0 bridgehead atoms. The summed E-state index contributed by atoms with van der Waals surface area (Å²) in [5, 5.41) is 4.67. The molecule has 1 unspecified atom stereocenters. The van der Waals surface area contributed by atoms with Crippen molar-refractivity contribution in [2.24, 2.45) is 0 Å². The maximum atomic E-state index is 11.6. The van der Waals surface area contributed by atoms with Crippen LogP contribution in [0.15, 0.2) is 6.20 Å². The van der Waals surface area contributed by atoms with Crippen LogP contribution in [-0.4, -0.2) is 34.9 Å². The Kier molecular flexibility index (Phi) is 4.81. The molecule has 1 fully saturated rings. The van der Waals surface area contributed by atoms with Crippen LogP contribution in [0.25, 0.3) is 0 Å². The Hall–Kier alpha value is -0.940. The normalized spacial score (nSPS) is 17.8. The van der Waals surface area contributed by atoms with E-state index in [9.17, 15) is 4.79 Å². The first-order valence-electron chi connectivity index (χ1n) is 7.32. The van der Waals surface area contributed by atoms with Crippen molar-refractivity contribution < 1.29 is 4.79 Å². The van der Waals surface area contributed by atoms with E-state index in [4.69, 9.17) is 0 Å². The van der Waals surface area contributed by atoms with E-state index in [0.717, 1.165) is 32.5 Å². The third kappa shape index (κ3) is 4.03. The predicted molar refractivity (Wildman–Crippen MR) is 82.9 cm³/mol. The van der Waals surface area contributed by atoms with Crippen molar-refractivity contribution in [1.82, 2.24) is 15.2 Å². The Bertz CT molecular complexity index is 464. The van der Waals surface area contributed by atoms with E-state index in [-0.39, 0.29) is 5.41 Å². The number of thiazole rings is 1. The zero-order valence-electron chi connectivity index (χ0n) is 12.9. The minimum atomic E-state index is 0.122. The molecule has 1 amide bonds. The molecule has 0 aliphatic carbocycles. The fourth-order valence-electron chi connectivity index (χ4n) is 2.30. The van der Waals surface area contributed by atoms with Crippen LogP contribution in [0.2, 0.25) is 0 Å². The number of likely N-dealkylation sites (tertiary alicyclic amines) is 1. The molecule has 1 aliphatic rings. The first-order valence-corrected chi connectivity index (χ1v) is 8.14. The van der Waals surface area contributed by atoms with Crippen molar-refractivity contribution in [3.05, 3.63) is 16.1 Å². The van der Waals surface area contributed by atoms with E-state index >= 15 is 0 Å². The van der Waals surface area contributed by atoms with Gasteiger partial charge in [0, 0.05) is 48.6 Å². The van der Waals surface area contributed by atoms with Crippen LogP contribution in [0.4, 0.5) is 0 Å². The van der Waals surface area contributed by atoms with Crippen LogP contribution < -0.4 is 5.32 Å². The van der Waals surface area contributed by atoms with Crippen LogP contribution >= 0.6 is 11.3 Å². The van der Waals surface area contributed by atoms with Gasteiger partial charge in [0.25, 0.3) is 0 Å². The van der Waals surface area contributed by atoms with Crippen LogP contribution in [0, 0.1) is 0 Å². The number of carbonyl (C=O) groups excluding carboxylic acids is 1. The Labute approximate surface area is 125 Å². The van der Waals surface area contributed by atoms with Gasteiger partial charge < -0.3 is 10.2 Å². The second-order valence-corrected chi connectivity index (χ2v) is 7.72. The van der Waals surface area contributed by atoms with Gasteiger partial charge in [0.15, 0.2) is 0 Å². The van der Waals surface area contributed by atoms with E-state index in [1.54, 1.807) is 11.3 Å². The third-order valence-corrected chi connectivity index (χ3v) is 4.91. The Balaban J connectivity index is 1.79. The number of hydrogen-bond donors (Lipinski definition) is 1. The Morgan fingerprint density at radius 2 is 2.25 bits per heavy atom. The lowest BCUT2D eigenvalue weighted by Crippen LogP contribution is -2.39. The van der Waals surface area contributed by atoms with Gasteiger partial charge in [-0.05, 0) is 13.3 Å². The first kappa shape index (κ1) is 15.4. The number of rotatable bonds is 5. The number of nitrogens with zero attached hydrogens (tertiary/aromatic N) is 2. The molecule has 1 N–H and O–H groups in total. The number of aromatic nitrogens is 1. The summed E-state index contributed by atoms with van der Waals surface area (Å²) < 4.78 is 0. The fraction of sp³-hybridized carbons (Fsp3) is 0.733. The summed E-state index contributed by atoms with van der Waals surface area (Å²) in [5.41, 5.74) is 0.122. The topological polar surface area (TPSA) is 45.2 Å². The maximum absolute atomic E-state index is 11.6. The molecule has 0 radical (unpaired) electrons. The van der Waals surface area contributed by atoms with E-state index in [0.29, 0.717) is 11.9 Å². The zero-order valence-corrected chi connectivity index (χ0v) is 13.7. The highest BCUT2D eigenvalue weighted by atomic mass is 32.1. The van der Waals surface area contributed by atoms with Gasteiger partial charge in [0.05, 0.1) is 5.01 Å². The summed E-state index contributed by atoms with van der Waals surface area (Å²) in [4.78, 5) is 19.3. The van der Waals surface area contributed by atoms with E-state index in [2.05, 4.69) is 38.0 Å². The summed E-state index contributed by atoms with van der Waals surface area (Å²) in [5.74, 6) is 0.298. The second-order valence-electron chi connectivity index (χ2n) is 6.61. The van der Waals surface area contributed by atoms with Crippen molar-refractivity contribution in [1.29, 1.82) is 0 Å². The minimum Gasteiger partial charge on any atom is -0.341 e. The molecule has 4 nitrogen and oxygen atoms in total. The van der Waals surface area contributed by atoms with Gasteiger partial charge in [0.2, 0.25) is 5.91 Å². The summed E-state index contributed by atoms with van der Waals surface area (Å²) in [6.07, 6.45) is 3.69. The van der Waals surface area contributed by atoms with Gasteiger partial charge >= 0.3 is 0 Å². The molecule has 112 valence electrons. The van der Waals surface area contributed by atoms with E-state index in [1.807, 2.05) is 11.1 Å². The van der Waals surface area contributed by atoms with Crippen LogP contribution in [0.3, 0.4) is 0 Å². The highest BCUT2D eigenvalue weighted by Crippen LogP contribution is 2.26. The first-order chi connectivity index (χ1) is 9.36. The van der Waals surface area contributed by atoms with Gasteiger partial charge in [-0.15, -0.1) is 11.3 Å². The van der Waals surface area contributed by atoms with Crippen LogP contribution in [0.1, 0.15) is 50.4 Å². The third-order valence-electron chi connectivity index (χ3n) is 3.49. The summed E-state index contributed by atoms with van der Waals surface area (Å²) in [6.45, 7) is 11.2. The number of amides is 1. The lowest BCUT2D eigenvalue weighted by molar-refractivity contribution is -0.127. The van der Waals surface area contributed by atoms with Gasteiger partial charge in [0.1, 0.15) is 0 Å². The fourth-order valence-corrected chi connectivity index (χ4v) is 3.22. The molecule has 1 aromatic heterocycles. The molecule has 2 rings (SSSR count). The van der Waals surface area contributed by atoms with Gasteiger partial charge in [-0.25, -0.2) is 4.98 Å². The largest absolute Gasteiger partial charge is 0.341 e. The average Bonchev–Trinajstić information content (AvgIpc) is 2.96. The summed E-state index contributed by atoms with van der Waals surface area (Å²) >= 11 is 1.77. The molecule has 20 heavy (non-hydrogen) atoms. The molecule has 1 aromatic rings. The standard InChI is InChI=1S/C15H25N3OS/c1-11(10-18-7-5-6-13(18)19)16-8-12-9-17-14(20-12)15(2,3)4/h9,11,16H,5-8,10H2,1-4H3. The Morgan fingerprint density at radius 1 is 1.50 bits per heavy atom. The van der Waals surface area contributed by atoms with E-state index < -0.39 is 0 Å². The Morgan fingerprint density at radius 3 is 2.80 bits per heavy atom. The van der Waals surface area contributed by atoms with Gasteiger partial charge in [-0.2, -0.15) is 0 Å². The molecule has 0 aromatic carbocycles. The number of nitrogens with one attached hydrogen (secondary N) is 1. The zero-order chi connectivity index (χ0) is 14.8. The van der Waals surface area contributed by atoms with Crippen LogP contribution in [0.5, 0.6) is 0 Å². The highest BCUT2D eigenvalue weighted by Gasteiger charge is 2.22. The van der Waals surface area contributed by atoms with Crippen molar-refractivity contribution >= 4 is 17.2 Å². The molecular formula is C15H25N3OS. The lowest BCUT2D eigenvalue weighted by atomic mass is 9.98. The minimum absolute atomic E-state index is 0.122. The summed E-state index contributed by atoms with van der Waals surface area (Å²) in [6, 6.07) is 0.317. The van der Waals surface area contributed by atoms with Crippen molar-refractivity contribution in [2.75, 3.05) is 13.1 Å². The SMILES string of the molecule is CC(CN1CCCC1=O)NCc1cnc(C(C)(C)C)s1. The van der Waals surface area contributed by atoms with Gasteiger partial charge in [-0.1, -0.05) is 20.8 Å². The quantitative estimate of drug-likeness (QED) is 0.908. The molecule has 5 heteroatoms. The second kappa shape index (κ2) is 6.22. The molecule has 1 saturated heterocycles. The average molecular weight is 295 g/mol. The van der Waals surface area contributed by atoms with Crippen molar-refractivity contribution in [3.63, 3.8) is 0 Å². The summed E-state index contributed by atoms with van der Waals surface area (Å²) in [7, 11) is 0. The monoisotopic (exact) mass is 295 g/mol. The molecule has 1 atom stereocenters. The lowest BCUT2D eigenvalue weighted by Gasteiger charge is -2.21. The van der Waals surface area contributed by atoms with Crippen molar-refractivity contribution in [2.45, 2.75) is 58.5 Å². The molecule has 0 saturated carbocycles. The smallest absolute Gasteiger partial charge is 0.222 e. The van der Waals surface area contributed by atoms with Gasteiger partial charge in [-0.3, -0.25) is 4.79 Å². The number of carbonyl (C=O) groups is 1. The maximum Gasteiger partial charge on any atom is 0.222 e.